The summed E-state index contributed by atoms with van der Waals surface area (Å²) in [6.45, 7) is 1.88. The van der Waals surface area contributed by atoms with Crippen molar-refractivity contribution in [2.75, 3.05) is 0 Å². The first-order chi connectivity index (χ1) is 5.70. The van der Waals surface area contributed by atoms with Gasteiger partial charge in [-0.2, -0.15) is 0 Å². The first-order valence-corrected chi connectivity index (χ1v) is 4.04. The zero-order valence-corrected chi connectivity index (χ0v) is 7.14. The van der Waals surface area contributed by atoms with Crippen molar-refractivity contribution in [1.29, 1.82) is 0 Å². The lowest BCUT2D eigenvalue weighted by atomic mass is 9.93. The third-order valence-electron chi connectivity index (χ3n) is 2.13. The van der Waals surface area contributed by atoms with Crippen LogP contribution in [0.1, 0.15) is 13.3 Å². The maximum Gasteiger partial charge on any atom is 0.143 e. The van der Waals surface area contributed by atoms with E-state index in [9.17, 15) is 4.39 Å². The molecular weight excluding hydrogens is 160 g/mol. The predicted molar refractivity (Wildman–Crippen MR) is 45.3 cm³/mol. The third-order valence-corrected chi connectivity index (χ3v) is 2.13. The maximum atomic E-state index is 13.2. The first-order valence-electron chi connectivity index (χ1n) is 4.04. The van der Waals surface area contributed by atoms with E-state index in [-0.39, 0.29) is 6.10 Å². The third kappa shape index (κ3) is 1.54. The fraction of sp³-hybridized carbons (Fsp3) is 1.00. The van der Waals surface area contributed by atoms with E-state index in [1.165, 1.54) is 0 Å². The molecule has 1 heterocycles. The lowest BCUT2D eigenvalue weighted by molar-refractivity contribution is 0.0722. The molecule has 0 aromatic rings. The molecule has 12 heavy (non-hydrogen) atoms. The topological polar surface area (TPSA) is 58.0 Å². The van der Waals surface area contributed by atoms with Crippen LogP contribution in [-0.4, -0.2) is 32.2 Å². The number of halogens is 1. The van der Waals surface area contributed by atoms with Gasteiger partial charge < -0.3 is 4.74 Å². The summed E-state index contributed by atoms with van der Waals surface area (Å²) in [4.78, 5) is 2.61. The van der Waals surface area contributed by atoms with Crippen molar-refractivity contribution < 1.29 is 9.13 Å². The number of ether oxygens (including phenoxy) is 1. The fourth-order valence-corrected chi connectivity index (χ4v) is 1.45. The Labute approximate surface area is 71.1 Å². The average Bonchev–Trinajstić information content (AvgIpc) is 2.33. The van der Waals surface area contributed by atoms with Gasteiger partial charge in [0.1, 0.15) is 14.0 Å². The molecule has 0 bridgehead atoms. The highest BCUT2D eigenvalue weighted by molar-refractivity contribution is 6.11. The second-order valence-electron chi connectivity index (χ2n) is 2.93. The van der Waals surface area contributed by atoms with E-state index >= 15 is 0 Å². The van der Waals surface area contributed by atoms with Gasteiger partial charge in [-0.1, -0.05) is 12.0 Å². The van der Waals surface area contributed by atoms with Gasteiger partial charge in [0.2, 0.25) is 0 Å². The Morgan fingerprint density at radius 2 is 2.42 bits per heavy atom. The van der Waals surface area contributed by atoms with Gasteiger partial charge in [0, 0.05) is 4.91 Å². The van der Waals surface area contributed by atoms with Crippen LogP contribution in [0.5, 0.6) is 0 Å². The molecule has 6 heteroatoms. The van der Waals surface area contributed by atoms with Crippen molar-refractivity contribution in [2.24, 2.45) is 5.11 Å². The zero-order chi connectivity index (χ0) is 9.14. The van der Waals surface area contributed by atoms with Crippen LogP contribution < -0.4 is 0 Å². The second-order valence-corrected chi connectivity index (χ2v) is 2.93. The number of nitrogens with zero attached hydrogens (tertiary/aromatic N) is 3. The van der Waals surface area contributed by atoms with Gasteiger partial charge in [0.05, 0.1) is 18.1 Å². The SMILES string of the molecule is B[C@@H]1O[C@H](CC)[C@H](N=[N+]=[N-])C1F. The minimum absolute atomic E-state index is 0.258. The number of hydrogen-bond acceptors (Lipinski definition) is 2. The zero-order valence-electron chi connectivity index (χ0n) is 7.14. The summed E-state index contributed by atoms with van der Waals surface area (Å²) in [5.74, 6) is 0. The lowest BCUT2D eigenvalue weighted by Crippen LogP contribution is -2.26. The molecule has 1 unspecified atom stereocenters. The summed E-state index contributed by atoms with van der Waals surface area (Å²) in [7, 11) is 1.65. The van der Waals surface area contributed by atoms with Crippen molar-refractivity contribution in [3.63, 3.8) is 0 Å². The van der Waals surface area contributed by atoms with Gasteiger partial charge in [0.25, 0.3) is 0 Å². The summed E-state index contributed by atoms with van der Waals surface area (Å²) < 4.78 is 18.5. The Bertz CT molecular complexity index is 209. The fourth-order valence-electron chi connectivity index (χ4n) is 1.45. The summed E-state index contributed by atoms with van der Waals surface area (Å²) in [5, 5.41) is 3.39. The first kappa shape index (κ1) is 9.35. The van der Waals surface area contributed by atoms with Gasteiger partial charge in [-0.15, -0.1) is 0 Å². The van der Waals surface area contributed by atoms with Crippen molar-refractivity contribution in [3.8, 4) is 0 Å². The molecule has 1 rings (SSSR count). The molecule has 0 amide bonds. The largest absolute Gasteiger partial charge is 0.381 e. The van der Waals surface area contributed by atoms with E-state index in [0.29, 0.717) is 6.42 Å². The van der Waals surface area contributed by atoms with Crippen molar-refractivity contribution in [1.82, 2.24) is 0 Å². The quantitative estimate of drug-likeness (QED) is 0.262. The smallest absolute Gasteiger partial charge is 0.143 e. The molecule has 0 spiro atoms. The van der Waals surface area contributed by atoms with E-state index in [1.54, 1.807) is 7.85 Å². The van der Waals surface area contributed by atoms with Gasteiger partial charge in [-0.25, -0.2) is 4.39 Å². The van der Waals surface area contributed by atoms with Crippen LogP contribution in [-0.2, 0) is 4.74 Å². The second kappa shape index (κ2) is 3.78. The van der Waals surface area contributed by atoms with Gasteiger partial charge in [-0.05, 0) is 12.0 Å². The Hall–Kier alpha value is -0.735. The molecular formula is C6H11BFN3O. The minimum Gasteiger partial charge on any atom is -0.381 e. The Balaban J connectivity index is 2.72. The molecule has 1 aliphatic rings. The Morgan fingerprint density at radius 3 is 2.92 bits per heavy atom. The maximum absolute atomic E-state index is 13.2. The standard InChI is InChI=1S/C6H11BFN3O/c1-2-3-5(10-11-9)4(8)6(7)12-3/h3-6H,2,7H2,1H3/t3-,4?,5+,6-/m1/s1. The molecule has 0 aromatic heterocycles. The number of hydrogen-bond donors (Lipinski definition) is 0. The number of azide groups is 1. The van der Waals surface area contributed by atoms with E-state index in [4.69, 9.17) is 10.3 Å². The minimum atomic E-state index is -1.16. The molecule has 0 saturated carbocycles. The van der Waals surface area contributed by atoms with Crippen LogP contribution in [0.25, 0.3) is 10.4 Å². The molecule has 1 fully saturated rings. The summed E-state index contributed by atoms with van der Waals surface area (Å²) in [6.07, 6.45) is -0.745. The van der Waals surface area contributed by atoms with Crippen LogP contribution >= 0.6 is 0 Å². The van der Waals surface area contributed by atoms with Gasteiger partial charge in [-0.3, -0.25) is 0 Å². The van der Waals surface area contributed by atoms with Crippen LogP contribution in [0.2, 0.25) is 0 Å². The number of rotatable bonds is 2. The normalized spacial score (nSPS) is 40.8. The van der Waals surface area contributed by atoms with Crippen LogP contribution in [0.3, 0.4) is 0 Å². The highest BCUT2D eigenvalue weighted by atomic mass is 19.1. The summed E-state index contributed by atoms with van der Waals surface area (Å²) in [6, 6.07) is -1.10. The molecule has 4 atom stereocenters. The van der Waals surface area contributed by atoms with Crippen molar-refractivity contribution >= 4 is 7.85 Å². The van der Waals surface area contributed by atoms with Crippen LogP contribution in [0.4, 0.5) is 4.39 Å². The molecule has 1 aliphatic heterocycles. The lowest BCUT2D eigenvalue weighted by Gasteiger charge is -2.10. The average molecular weight is 171 g/mol. The molecule has 4 nitrogen and oxygen atoms in total. The van der Waals surface area contributed by atoms with Crippen molar-refractivity contribution in [2.45, 2.75) is 37.7 Å². The molecule has 1 saturated heterocycles. The van der Waals surface area contributed by atoms with Crippen LogP contribution in [0, 0.1) is 0 Å². The molecule has 0 aromatic carbocycles. The summed E-state index contributed by atoms with van der Waals surface area (Å²) in [5.41, 5.74) is 8.18. The Morgan fingerprint density at radius 1 is 1.75 bits per heavy atom. The van der Waals surface area contributed by atoms with Gasteiger partial charge in [0.15, 0.2) is 0 Å². The van der Waals surface area contributed by atoms with E-state index in [0.717, 1.165) is 0 Å². The monoisotopic (exact) mass is 171 g/mol. The van der Waals surface area contributed by atoms with E-state index in [2.05, 4.69) is 10.0 Å². The van der Waals surface area contributed by atoms with Crippen LogP contribution in [0.15, 0.2) is 5.11 Å². The molecule has 0 aliphatic carbocycles. The highest BCUT2D eigenvalue weighted by Gasteiger charge is 2.40. The highest BCUT2D eigenvalue weighted by Crippen LogP contribution is 2.26. The number of alkyl halides is 1. The van der Waals surface area contributed by atoms with E-state index < -0.39 is 18.2 Å². The Kier molecular flexibility index (Phi) is 2.95. The van der Waals surface area contributed by atoms with Crippen molar-refractivity contribution in [3.05, 3.63) is 10.4 Å². The molecule has 0 radical (unpaired) electrons. The van der Waals surface area contributed by atoms with Gasteiger partial charge >= 0.3 is 0 Å². The molecule has 0 N–H and O–H groups in total. The van der Waals surface area contributed by atoms with E-state index in [1.807, 2.05) is 6.92 Å². The summed E-state index contributed by atoms with van der Waals surface area (Å²) >= 11 is 0. The molecule has 66 valence electrons. The predicted octanol–water partition coefficient (Wildman–Crippen LogP) is 0.771.